The summed E-state index contributed by atoms with van der Waals surface area (Å²) in [6.07, 6.45) is 0. The summed E-state index contributed by atoms with van der Waals surface area (Å²) in [5.41, 5.74) is 3.41. The molecule has 4 aromatic rings. The number of hydrogen-bond acceptors (Lipinski definition) is 12. The first-order chi connectivity index (χ1) is 17.3. The molecule has 3 N–H and O–H groups in total. The molecule has 13 nitrogen and oxygen atoms in total. The molecule has 0 saturated heterocycles. The van der Waals surface area contributed by atoms with Crippen LogP contribution in [-0.2, 0) is 20.2 Å². The average Bonchev–Trinajstić information content (AvgIpc) is 2.82. The Morgan fingerprint density at radius 1 is 0.795 bits per heavy atom. The third-order valence-corrected chi connectivity index (χ3v) is 6.63. The van der Waals surface area contributed by atoms with Crippen LogP contribution in [0, 0.1) is 0 Å². The Hall–Kier alpha value is -2.44. The Bertz CT molecular complexity index is 1990. The van der Waals surface area contributed by atoms with Gasteiger partial charge >= 0.3 is 59.1 Å². The van der Waals surface area contributed by atoms with Gasteiger partial charge < -0.3 is 9.66 Å². The molecule has 0 aliphatic carbocycles. The molecule has 0 fully saturated rings. The molecule has 0 aliphatic rings. The number of para-hydroxylation sites is 1. The van der Waals surface area contributed by atoms with Crippen molar-refractivity contribution in [3.63, 3.8) is 0 Å². The summed E-state index contributed by atoms with van der Waals surface area (Å²) in [6, 6.07) is 13.4. The van der Waals surface area contributed by atoms with Gasteiger partial charge in [0.15, 0.2) is 5.36 Å². The van der Waals surface area contributed by atoms with E-state index in [1.165, 1.54) is 0 Å². The van der Waals surface area contributed by atoms with Crippen LogP contribution in [-0.4, -0.2) is 25.9 Å². The molecule has 0 atom stereocenters. The van der Waals surface area contributed by atoms with Crippen LogP contribution in [0.2, 0.25) is 0 Å². The van der Waals surface area contributed by atoms with E-state index in [1.807, 2.05) is 0 Å². The monoisotopic (exact) mass is 588 g/mol. The van der Waals surface area contributed by atoms with Gasteiger partial charge in [0.1, 0.15) is 15.5 Å². The first-order valence-electron chi connectivity index (χ1n) is 10.1. The molecule has 0 aliphatic heterocycles. The van der Waals surface area contributed by atoms with Crippen molar-refractivity contribution in [1.29, 1.82) is 0 Å². The third-order valence-electron chi connectivity index (χ3n) is 4.99. The van der Waals surface area contributed by atoms with Crippen molar-refractivity contribution in [2.45, 2.75) is 9.79 Å². The molecular weight excluding hydrogens is 574 g/mol. The van der Waals surface area contributed by atoms with Crippen molar-refractivity contribution in [1.82, 2.24) is 0 Å². The van der Waals surface area contributed by atoms with Gasteiger partial charge in [-0.3, -0.25) is 25.0 Å². The quantitative estimate of drug-likeness (QED) is 0.109. The second-order valence-electron chi connectivity index (χ2n) is 7.49. The van der Waals surface area contributed by atoms with Gasteiger partial charge in [-0.15, -0.1) is 0 Å². The van der Waals surface area contributed by atoms with E-state index in [-0.39, 0.29) is 80.9 Å². The largest absolute Gasteiger partial charge is 1.00 e. The zero-order chi connectivity index (χ0) is 27.0. The van der Waals surface area contributed by atoms with Crippen LogP contribution in [0.5, 0.6) is 5.75 Å². The van der Waals surface area contributed by atoms with Crippen LogP contribution in [0.3, 0.4) is 0 Å². The second kappa shape index (κ2) is 12.8. The summed E-state index contributed by atoms with van der Waals surface area (Å²) < 4.78 is 67.1. The van der Waals surface area contributed by atoms with Crippen LogP contribution < -0.4 is 96.6 Å². The fourth-order valence-corrected chi connectivity index (χ4v) is 4.36. The van der Waals surface area contributed by atoms with Gasteiger partial charge in [0.05, 0.1) is 21.2 Å². The molecule has 0 aromatic heterocycles. The Kier molecular flexibility index (Phi) is 10.8. The van der Waals surface area contributed by atoms with Gasteiger partial charge in [0.25, 0.3) is 10.1 Å². The number of hydrogen-bond donors (Lipinski definition) is 3. The van der Waals surface area contributed by atoms with E-state index in [0.29, 0.717) is 11.8 Å². The minimum absolute atomic E-state index is 0. The average molecular weight is 588 g/mol. The summed E-state index contributed by atoms with van der Waals surface area (Å²) in [6.45, 7) is 0. The smallest absolute Gasteiger partial charge is 0.872 e. The van der Waals surface area contributed by atoms with Crippen molar-refractivity contribution >= 4 is 42.4 Å². The van der Waals surface area contributed by atoms with E-state index in [9.17, 15) is 40.6 Å². The molecule has 0 spiro atoms. The predicted molar refractivity (Wildman–Crippen MR) is 127 cm³/mol. The zero-order valence-corrected chi connectivity index (χ0v) is 25.9. The first kappa shape index (κ1) is 32.8. The van der Waals surface area contributed by atoms with E-state index in [4.69, 9.17) is 0 Å². The maximum Gasteiger partial charge on any atom is 1.00 e. The van der Waals surface area contributed by atoms with Crippen molar-refractivity contribution in [2.75, 3.05) is 10.9 Å². The molecule has 0 saturated carbocycles. The number of anilines is 2. The summed E-state index contributed by atoms with van der Waals surface area (Å²) in [7, 11) is -9.92. The van der Waals surface area contributed by atoms with Crippen molar-refractivity contribution in [3.8, 4) is 5.75 Å². The Balaban J connectivity index is 0.00000267. The fourth-order valence-electron chi connectivity index (χ4n) is 3.29. The van der Waals surface area contributed by atoms with Crippen molar-refractivity contribution < 1.29 is 90.2 Å². The number of rotatable bonds is 6. The van der Waals surface area contributed by atoms with Crippen LogP contribution in [0.1, 0.15) is 0 Å². The van der Waals surface area contributed by atoms with Crippen molar-refractivity contribution in [3.05, 3.63) is 97.9 Å². The van der Waals surface area contributed by atoms with Gasteiger partial charge in [-0.05, 0) is 59.3 Å². The van der Waals surface area contributed by atoms with Gasteiger partial charge in [-0.25, -0.2) is 8.42 Å². The topological polar surface area (TPSA) is 218 Å². The van der Waals surface area contributed by atoms with E-state index in [0.717, 1.165) is 30.3 Å². The maximum absolute atomic E-state index is 12.8. The molecule has 0 bridgehead atoms. The third kappa shape index (κ3) is 7.61. The minimum Gasteiger partial charge on any atom is -0.872 e. The fraction of sp³-hybridized carbons (Fsp3) is 0. The molecule has 0 unspecified atom stereocenters. The molecule has 4 aromatic carbocycles. The summed E-state index contributed by atoms with van der Waals surface area (Å²) in [4.78, 5) is 23.3. The summed E-state index contributed by atoms with van der Waals surface area (Å²) in [5.74, 6) is -0.960. The Labute approximate surface area is 264 Å². The first-order valence-corrected chi connectivity index (χ1v) is 12.9. The molecule has 0 heterocycles. The van der Waals surface area contributed by atoms with Crippen LogP contribution in [0.25, 0.3) is 10.8 Å². The summed E-state index contributed by atoms with van der Waals surface area (Å²) >= 11 is 0. The van der Waals surface area contributed by atoms with Gasteiger partial charge in [-0.1, -0.05) is 23.9 Å². The molecule has 17 heteroatoms. The predicted octanol–water partition coefficient (Wildman–Crippen LogP) is -6.48. The van der Waals surface area contributed by atoms with Gasteiger partial charge in [0, 0.05) is 0 Å². The number of nitrogens with zero attached hydrogens (tertiary/aromatic N) is 2. The van der Waals surface area contributed by atoms with E-state index in [1.54, 1.807) is 30.3 Å². The van der Waals surface area contributed by atoms with Gasteiger partial charge in [0.2, 0.25) is 10.9 Å². The molecule has 0 radical (unpaired) electrons. The van der Waals surface area contributed by atoms with E-state index < -0.39 is 52.0 Å². The summed E-state index contributed by atoms with van der Waals surface area (Å²) in [5, 5.41) is 18.8. The van der Waals surface area contributed by atoms with Crippen LogP contribution >= 0.6 is 0 Å². The number of fused-ring (bicyclic) bond motifs is 1. The number of benzene rings is 4. The molecular formula is C22H14N4Na2O9S2. The van der Waals surface area contributed by atoms with Crippen LogP contribution in [0.15, 0.2) is 96.3 Å². The molecule has 4 rings (SSSR count). The minimum atomic E-state index is -5.09. The van der Waals surface area contributed by atoms with Crippen molar-refractivity contribution in [2.24, 2.45) is 10.2 Å². The second-order valence-corrected chi connectivity index (χ2v) is 10.3. The normalized spacial score (nSPS) is 12.5. The van der Waals surface area contributed by atoms with E-state index in [2.05, 4.69) is 21.1 Å². The maximum atomic E-state index is 12.8. The standard InChI is InChI=1S/C22H16N4O9S2.2Na/c27-18-7-6-16(22(29)21(18)26-23-13-4-2-1-3-5-13)24-25-17-10-14(36(30,31)32)8-12-9-15(37(33,34)35)11-19(28)20(12)17;;/h1-11,23,25,28H,(H,30,31,32)(H,33,34,35);;/q;2*+1/p-2/b24-16+,26-21+;;. The number of nitrogens with one attached hydrogen (secondary N) is 2. The van der Waals surface area contributed by atoms with Crippen LogP contribution in [0.4, 0.5) is 11.4 Å². The zero-order valence-electron chi connectivity index (χ0n) is 20.3. The van der Waals surface area contributed by atoms with Gasteiger partial charge in [-0.2, -0.15) is 18.6 Å². The Morgan fingerprint density at radius 3 is 2.05 bits per heavy atom. The Morgan fingerprint density at radius 2 is 1.44 bits per heavy atom. The molecule has 0 amide bonds. The SMILES string of the molecule is O=c1cc/c(=N\Nc2cc(S(=O)(=O)[O-])cc3cc(S(=O)(=O)O)cc([O-])c23)c(=O)/c1=N/Nc1ccccc1.[Na+].[Na+]. The molecule has 39 heavy (non-hydrogen) atoms. The molecule has 190 valence electrons. The van der Waals surface area contributed by atoms with E-state index >= 15 is 0 Å².